The molecule has 0 aliphatic heterocycles. The first-order valence-electron chi connectivity index (χ1n) is 5.00. The number of aromatic nitrogens is 3. The molecule has 0 unspecified atom stereocenters. The van der Waals surface area contributed by atoms with E-state index in [4.69, 9.17) is 5.11 Å². The van der Waals surface area contributed by atoms with Gasteiger partial charge < -0.3 is 10.4 Å². The van der Waals surface area contributed by atoms with E-state index in [1.807, 2.05) is 0 Å². The number of nitrogens with one attached hydrogen (secondary N) is 1. The van der Waals surface area contributed by atoms with Crippen LogP contribution in [0.3, 0.4) is 0 Å². The predicted molar refractivity (Wildman–Crippen MR) is 51.8 cm³/mol. The Hall–Kier alpha value is -1.43. The van der Waals surface area contributed by atoms with Gasteiger partial charge in [-0.05, 0) is 19.3 Å². The molecule has 1 amide bonds. The van der Waals surface area contributed by atoms with Gasteiger partial charge in [-0.25, -0.2) is 4.68 Å². The van der Waals surface area contributed by atoms with Crippen LogP contribution < -0.4 is 5.32 Å². The highest BCUT2D eigenvalue weighted by molar-refractivity contribution is 5.76. The lowest BCUT2D eigenvalue weighted by molar-refractivity contribution is -0.125. The second-order valence-electron chi connectivity index (χ2n) is 3.94. The maximum Gasteiger partial charge on any atom is 0.242 e. The highest BCUT2D eigenvalue weighted by atomic mass is 16.3. The van der Waals surface area contributed by atoms with Crippen molar-refractivity contribution in [2.24, 2.45) is 0 Å². The van der Waals surface area contributed by atoms with Crippen LogP contribution in [0.1, 0.15) is 19.3 Å². The van der Waals surface area contributed by atoms with Gasteiger partial charge in [-0.1, -0.05) is 5.21 Å². The van der Waals surface area contributed by atoms with E-state index < -0.39 is 0 Å². The number of hydrogen-bond donors (Lipinski definition) is 2. The molecule has 0 bridgehead atoms. The molecule has 1 saturated carbocycles. The van der Waals surface area contributed by atoms with Crippen molar-refractivity contribution in [2.45, 2.75) is 31.3 Å². The van der Waals surface area contributed by atoms with Gasteiger partial charge in [0.15, 0.2) is 0 Å². The summed E-state index contributed by atoms with van der Waals surface area (Å²) in [7, 11) is 0. The standard InChI is InChI=1S/C9H14N4O2/c14-7-9(2-1-3-9)11-8(15)6-13-5-4-10-12-13/h4-5,14H,1-3,6-7H2,(H,11,15). The van der Waals surface area contributed by atoms with E-state index in [2.05, 4.69) is 15.6 Å². The third-order valence-corrected chi connectivity index (χ3v) is 2.80. The summed E-state index contributed by atoms with van der Waals surface area (Å²) < 4.78 is 1.46. The zero-order valence-corrected chi connectivity index (χ0v) is 8.39. The fourth-order valence-corrected chi connectivity index (χ4v) is 1.73. The second kappa shape index (κ2) is 3.98. The monoisotopic (exact) mass is 210 g/mol. The number of nitrogens with zero attached hydrogens (tertiary/aromatic N) is 3. The predicted octanol–water partition coefficient (Wildman–Crippen LogP) is -0.691. The van der Waals surface area contributed by atoms with Gasteiger partial charge >= 0.3 is 0 Å². The molecule has 0 spiro atoms. The first-order valence-corrected chi connectivity index (χ1v) is 5.00. The van der Waals surface area contributed by atoms with Gasteiger partial charge in [-0.2, -0.15) is 0 Å². The van der Waals surface area contributed by atoms with Crippen LogP contribution in [0.5, 0.6) is 0 Å². The van der Waals surface area contributed by atoms with Gasteiger partial charge in [-0.3, -0.25) is 4.79 Å². The van der Waals surface area contributed by atoms with Crippen molar-refractivity contribution >= 4 is 5.91 Å². The Kier molecular flexibility index (Phi) is 2.68. The molecule has 1 aliphatic carbocycles. The Morgan fingerprint density at radius 3 is 2.87 bits per heavy atom. The lowest BCUT2D eigenvalue weighted by Crippen LogP contribution is -2.56. The molecule has 1 fully saturated rings. The number of aliphatic hydroxyl groups is 1. The van der Waals surface area contributed by atoms with Crippen molar-refractivity contribution in [3.63, 3.8) is 0 Å². The van der Waals surface area contributed by atoms with Crippen molar-refractivity contribution in [3.05, 3.63) is 12.4 Å². The summed E-state index contributed by atoms with van der Waals surface area (Å²) in [6.07, 6.45) is 5.92. The fourth-order valence-electron chi connectivity index (χ4n) is 1.73. The summed E-state index contributed by atoms with van der Waals surface area (Å²) in [6, 6.07) is 0. The van der Waals surface area contributed by atoms with Crippen LogP contribution in [0.25, 0.3) is 0 Å². The number of rotatable bonds is 4. The summed E-state index contributed by atoms with van der Waals surface area (Å²) in [5, 5.41) is 19.3. The van der Waals surface area contributed by atoms with E-state index in [0.29, 0.717) is 0 Å². The molecule has 2 N–H and O–H groups in total. The molecule has 0 radical (unpaired) electrons. The van der Waals surface area contributed by atoms with Crippen molar-refractivity contribution in [2.75, 3.05) is 6.61 Å². The fraction of sp³-hybridized carbons (Fsp3) is 0.667. The first kappa shape index (κ1) is 10.1. The summed E-state index contributed by atoms with van der Waals surface area (Å²) in [5.74, 6) is -0.130. The van der Waals surface area contributed by atoms with E-state index in [0.717, 1.165) is 19.3 Å². The van der Waals surface area contributed by atoms with Crippen LogP contribution in [-0.2, 0) is 11.3 Å². The normalized spacial score (nSPS) is 18.2. The Bertz CT molecular complexity index is 326. The summed E-state index contributed by atoms with van der Waals surface area (Å²) in [5.41, 5.74) is -0.377. The van der Waals surface area contributed by atoms with Crippen molar-refractivity contribution < 1.29 is 9.90 Å². The lowest BCUT2D eigenvalue weighted by atomic mass is 9.77. The molecule has 6 heteroatoms. The first-order chi connectivity index (χ1) is 7.24. The molecule has 1 aliphatic rings. The minimum Gasteiger partial charge on any atom is -0.394 e. The smallest absolute Gasteiger partial charge is 0.242 e. The number of aliphatic hydroxyl groups excluding tert-OH is 1. The molecule has 15 heavy (non-hydrogen) atoms. The molecule has 82 valence electrons. The largest absolute Gasteiger partial charge is 0.394 e. The molecule has 0 saturated heterocycles. The average Bonchev–Trinajstić information content (AvgIpc) is 2.64. The van der Waals surface area contributed by atoms with Crippen molar-refractivity contribution in [3.8, 4) is 0 Å². The molecule has 2 rings (SSSR count). The molecule has 1 aromatic heterocycles. The van der Waals surface area contributed by atoms with E-state index >= 15 is 0 Å². The van der Waals surface area contributed by atoms with Crippen LogP contribution in [0.2, 0.25) is 0 Å². The average molecular weight is 210 g/mol. The van der Waals surface area contributed by atoms with Crippen LogP contribution in [0.15, 0.2) is 12.4 Å². The number of hydrogen-bond acceptors (Lipinski definition) is 4. The highest BCUT2D eigenvalue weighted by Crippen LogP contribution is 2.30. The maximum atomic E-state index is 11.6. The van der Waals surface area contributed by atoms with Gasteiger partial charge in [0, 0.05) is 6.20 Å². The third kappa shape index (κ3) is 2.15. The Morgan fingerprint density at radius 1 is 1.60 bits per heavy atom. The SMILES string of the molecule is O=C(Cn1ccnn1)NC1(CO)CCC1. The molecule has 1 heterocycles. The minimum absolute atomic E-state index is 0.0100. The van der Waals surface area contributed by atoms with Crippen LogP contribution in [0.4, 0.5) is 0 Å². The van der Waals surface area contributed by atoms with E-state index in [-0.39, 0.29) is 24.6 Å². The van der Waals surface area contributed by atoms with Crippen LogP contribution >= 0.6 is 0 Å². The summed E-state index contributed by atoms with van der Waals surface area (Å²) in [6.45, 7) is 0.165. The van der Waals surface area contributed by atoms with Crippen LogP contribution in [0, 0.1) is 0 Å². The molecule has 6 nitrogen and oxygen atoms in total. The quantitative estimate of drug-likeness (QED) is 0.689. The number of carbonyl (C=O) groups excluding carboxylic acids is 1. The van der Waals surface area contributed by atoms with Gasteiger partial charge in [-0.15, -0.1) is 5.10 Å². The molecule has 1 aromatic rings. The molecular weight excluding hydrogens is 196 g/mol. The minimum atomic E-state index is -0.377. The second-order valence-corrected chi connectivity index (χ2v) is 3.94. The molecular formula is C9H14N4O2. The van der Waals surface area contributed by atoms with Gasteiger partial charge in [0.2, 0.25) is 5.91 Å². The zero-order chi connectivity index (χ0) is 10.7. The van der Waals surface area contributed by atoms with Crippen molar-refractivity contribution in [1.82, 2.24) is 20.3 Å². The van der Waals surface area contributed by atoms with E-state index in [1.165, 1.54) is 10.9 Å². The highest BCUT2D eigenvalue weighted by Gasteiger charge is 2.37. The topological polar surface area (TPSA) is 80.0 Å². The Morgan fingerprint density at radius 2 is 2.40 bits per heavy atom. The van der Waals surface area contributed by atoms with Crippen molar-refractivity contribution in [1.29, 1.82) is 0 Å². The molecule has 0 aromatic carbocycles. The summed E-state index contributed by atoms with van der Waals surface area (Å²) >= 11 is 0. The Labute approximate surface area is 87.3 Å². The van der Waals surface area contributed by atoms with Gasteiger partial charge in [0.25, 0.3) is 0 Å². The molecule has 0 atom stereocenters. The maximum absolute atomic E-state index is 11.6. The third-order valence-electron chi connectivity index (χ3n) is 2.80. The van der Waals surface area contributed by atoms with E-state index in [9.17, 15) is 4.79 Å². The van der Waals surface area contributed by atoms with Gasteiger partial charge in [0.05, 0.1) is 18.3 Å². The zero-order valence-electron chi connectivity index (χ0n) is 8.39. The van der Waals surface area contributed by atoms with E-state index in [1.54, 1.807) is 6.20 Å². The Balaban J connectivity index is 1.87. The van der Waals surface area contributed by atoms with Gasteiger partial charge in [0.1, 0.15) is 6.54 Å². The van der Waals surface area contributed by atoms with Crippen LogP contribution in [-0.4, -0.2) is 38.2 Å². The number of amides is 1. The summed E-state index contributed by atoms with van der Waals surface area (Å²) in [4.78, 5) is 11.6. The number of carbonyl (C=O) groups is 1. The lowest BCUT2D eigenvalue weighted by Gasteiger charge is -2.40.